The molecule has 1 aromatic heterocycles. The molecule has 0 amide bonds. The monoisotopic (exact) mass is 566 g/mol. The van der Waals surface area contributed by atoms with Crippen LogP contribution in [-0.2, 0) is 14.6 Å². The third kappa shape index (κ3) is 5.13. The minimum absolute atomic E-state index is 0.313. The molecule has 0 radical (unpaired) electrons. The maximum atomic E-state index is 13.6. The molecule has 3 unspecified atom stereocenters. The fourth-order valence-electron chi connectivity index (χ4n) is 3.28. The molecule has 184 valence electrons. The van der Waals surface area contributed by atoms with Crippen LogP contribution in [0.15, 0.2) is 51.3 Å². The first-order chi connectivity index (χ1) is 16.0. The molecule has 3 rings (SSSR count). The summed E-state index contributed by atoms with van der Waals surface area (Å²) in [6, 6.07) is 0.863. The predicted octanol–water partition coefficient (Wildman–Crippen LogP) is 1.46. The molecule has 1 aromatic carbocycles. The zero-order valence-corrected chi connectivity index (χ0v) is 19.3. The topological polar surface area (TPSA) is 165 Å². The van der Waals surface area contributed by atoms with Crippen LogP contribution in [0, 0.1) is 23.0 Å². The van der Waals surface area contributed by atoms with Gasteiger partial charge in [-0.05, 0) is 34.1 Å². The van der Waals surface area contributed by atoms with Crippen molar-refractivity contribution in [3.8, 4) is 0 Å². The van der Waals surface area contributed by atoms with Gasteiger partial charge in [-0.25, -0.2) is 27.1 Å². The highest BCUT2D eigenvalue weighted by Gasteiger charge is 2.50. The number of rotatable bonds is 7. The van der Waals surface area contributed by atoms with Crippen molar-refractivity contribution in [2.45, 2.75) is 34.7 Å². The van der Waals surface area contributed by atoms with Gasteiger partial charge in [0.1, 0.15) is 24.0 Å². The Balaban J connectivity index is 1.95. The van der Waals surface area contributed by atoms with Crippen LogP contribution in [0.2, 0.25) is 0 Å². The first kappa shape index (κ1) is 26.2. The van der Waals surface area contributed by atoms with E-state index in [0.717, 1.165) is 12.4 Å². The third-order valence-electron chi connectivity index (χ3n) is 5.01. The van der Waals surface area contributed by atoms with Crippen LogP contribution in [0.3, 0.4) is 0 Å². The van der Waals surface area contributed by atoms with Gasteiger partial charge in [0, 0.05) is 28.6 Å². The lowest BCUT2D eigenvalue weighted by Gasteiger charge is -2.42. The van der Waals surface area contributed by atoms with Gasteiger partial charge >= 0.3 is 0 Å². The number of hydrogen-bond acceptors (Lipinski definition) is 10. The van der Waals surface area contributed by atoms with Crippen molar-refractivity contribution in [3.63, 3.8) is 0 Å². The molecule has 1 aliphatic heterocycles. The number of benzene rings is 1. The van der Waals surface area contributed by atoms with Gasteiger partial charge in [-0.15, -0.1) is 0 Å². The van der Waals surface area contributed by atoms with Gasteiger partial charge in [-0.1, -0.05) is 0 Å². The van der Waals surface area contributed by atoms with Gasteiger partial charge in [0.15, 0.2) is 22.9 Å². The number of aliphatic hydroxyl groups is 3. The SMILES string of the molecule is N=N/C(=C\NC1C(O)[C@@H](S(=O)(=O)c2cncc(Br)c2)OC(CO)[C@@H]1O)c1cc(F)c(F)c(F)c1. The molecule has 5 atom stereocenters. The van der Waals surface area contributed by atoms with Crippen LogP contribution >= 0.6 is 15.9 Å². The molecule has 1 aliphatic rings. The molecule has 0 spiro atoms. The van der Waals surface area contributed by atoms with Crippen LogP contribution < -0.4 is 5.32 Å². The zero-order valence-electron chi connectivity index (χ0n) is 16.9. The van der Waals surface area contributed by atoms with Crippen LogP contribution in [-0.4, -0.2) is 65.1 Å². The number of aliphatic hydroxyl groups excluding tert-OH is 3. The normalized spacial score (nSPS) is 25.7. The van der Waals surface area contributed by atoms with E-state index in [4.69, 9.17) is 10.3 Å². The summed E-state index contributed by atoms with van der Waals surface area (Å²) in [6.07, 6.45) is -1.80. The summed E-state index contributed by atoms with van der Waals surface area (Å²) >= 11 is 3.09. The maximum Gasteiger partial charge on any atom is 0.209 e. The molecule has 0 saturated carbocycles. The van der Waals surface area contributed by atoms with Crippen LogP contribution in [0.1, 0.15) is 5.56 Å². The van der Waals surface area contributed by atoms with Crippen molar-refractivity contribution >= 4 is 31.5 Å². The summed E-state index contributed by atoms with van der Waals surface area (Å²) in [5.74, 6) is -4.80. The number of sulfone groups is 1. The fourth-order valence-corrected chi connectivity index (χ4v) is 5.39. The molecular weight excluding hydrogens is 549 g/mol. The number of nitrogens with zero attached hydrogens (tertiary/aromatic N) is 2. The second-order valence-electron chi connectivity index (χ2n) is 7.18. The minimum atomic E-state index is -4.39. The highest BCUT2D eigenvalue weighted by molar-refractivity contribution is 9.10. The van der Waals surface area contributed by atoms with Crippen LogP contribution in [0.4, 0.5) is 13.2 Å². The summed E-state index contributed by atoms with van der Waals surface area (Å²) in [4.78, 5) is 3.45. The Kier molecular flexibility index (Phi) is 8.05. The number of halogens is 4. The second-order valence-corrected chi connectivity index (χ2v) is 10.1. The van der Waals surface area contributed by atoms with E-state index in [1.165, 1.54) is 12.3 Å². The van der Waals surface area contributed by atoms with Gasteiger partial charge in [-0.3, -0.25) is 4.98 Å². The van der Waals surface area contributed by atoms with Crippen LogP contribution in [0.25, 0.3) is 5.70 Å². The smallest absolute Gasteiger partial charge is 0.209 e. The van der Waals surface area contributed by atoms with Crippen molar-refractivity contribution < 1.29 is 41.6 Å². The van der Waals surface area contributed by atoms with E-state index in [9.17, 15) is 36.9 Å². The molecule has 0 bridgehead atoms. The van der Waals surface area contributed by atoms with Crippen molar-refractivity contribution in [2.75, 3.05) is 6.61 Å². The van der Waals surface area contributed by atoms with Crippen molar-refractivity contribution in [1.29, 1.82) is 5.53 Å². The average molecular weight is 567 g/mol. The molecule has 10 nitrogen and oxygen atoms in total. The molecule has 15 heteroatoms. The Hall–Kier alpha value is -2.43. The van der Waals surface area contributed by atoms with E-state index in [1.54, 1.807) is 0 Å². The van der Waals surface area contributed by atoms with Gasteiger partial charge in [0.05, 0.1) is 17.5 Å². The molecule has 34 heavy (non-hydrogen) atoms. The molecular formula is C19H18BrF3N4O6S. The molecule has 1 fully saturated rings. The molecule has 0 aliphatic carbocycles. The molecule has 2 heterocycles. The number of nitrogens with one attached hydrogen (secondary N) is 2. The Labute approximate surface area is 199 Å². The average Bonchev–Trinajstić information content (AvgIpc) is 2.79. The summed E-state index contributed by atoms with van der Waals surface area (Å²) < 4.78 is 72.1. The predicted molar refractivity (Wildman–Crippen MR) is 113 cm³/mol. The van der Waals surface area contributed by atoms with E-state index >= 15 is 0 Å². The first-order valence-corrected chi connectivity index (χ1v) is 11.8. The Morgan fingerprint density at radius 1 is 1.21 bits per heavy atom. The first-order valence-electron chi connectivity index (χ1n) is 9.46. The van der Waals surface area contributed by atoms with E-state index < -0.39 is 69.4 Å². The highest BCUT2D eigenvalue weighted by Crippen LogP contribution is 2.30. The Morgan fingerprint density at radius 2 is 1.85 bits per heavy atom. The standard InChI is InChI=1S/C19H18BrF3N4O6S/c20-9-3-10(5-25-4-9)34(31,32)19-18(30)16(17(29)14(7-28)33-19)26-6-13(27-24)8-1-11(21)15(23)12(22)2-8/h1-6,14,16-19,24,26,28-30H,7H2/b13-6-,27-24?/t14?,16?,17-,18?,19+/m0/s1. The lowest BCUT2D eigenvalue weighted by molar-refractivity contribution is -0.167. The quantitative estimate of drug-likeness (QED) is 0.248. The zero-order chi connectivity index (χ0) is 25.2. The molecule has 5 N–H and O–H groups in total. The van der Waals surface area contributed by atoms with Crippen molar-refractivity contribution in [1.82, 2.24) is 10.3 Å². The van der Waals surface area contributed by atoms with Gasteiger partial charge in [-0.2, -0.15) is 5.11 Å². The second kappa shape index (κ2) is 10.5. The number of hydrogen-bond donors (Lipinski definition) is 5. The number of pyridine rings is 1. The van der Waals surface area contributed by atoms with E-state index in [0.29, 0.717) is 16.6 Å². The summed E-state index contributed by atoms with van der Waals surface area (Å²) in [7, 11) is -4.39. The van der Waals surface area contributed by atoms with Crippen LogP contribution in [0.5, 0.6) is 0 Å². The summed E-state index contributed by atoms with van der Waals surface area (Å²) in [5.41, 5.74) is 4.51. The van der Waals surface area contributed by atoms with Gasteiger partial charge < -0.3 is 25.4 Å². The lowest BCUT2D eigenvalue weighted by atomic mass is 9.97. The Bertz CT molecular complexity index is 1200. The molecule has 2 aromatic rings. The lowest BCUT2D eigenvalue weighted by Crippen LogP contribution is -2.64. The van der Waals surface area contributed by atoms with Gasteiger partial charge in [0.2, 0.25) is 9.84 Å². The fraction of sp³-hybridized carbons (Fsp3) is 0.316. The van der Waals surface area contributed by atoms with E-state index in [-0.39, 0.29) is 10.5 Å². The number of ether oxygens (including phenoxy) is 1. The summed E-state index contributed by atoms with van der Waals surface area (Å²) in [5, 5.41) is 36.3. The largest absolute Gasteiger partial charge is 0.394 e. The Morgan fingerprint density at radius 3 is 2.41 bits per heavy atom. The number of aromatic nitrogens is 1. The van der Waals surface area contributed by atoms with Crippen molar-refractivity contribution in [3.05, 3.63) is 64.3 Å². The van der Waals surface area contributed by atoms with Gasteiger partial charge in [0.25, 0.3) is 0 Å². The highest BCUT2D eigenvalue weighted by atomic mass is 79.9. The summed E-state index contributed by atoms with van der Waals surface area (Å²) in [6.45, 7) is -0.817. The van der Waals surface area contributed by atoms with Crippen molar-refractivity contribution in [2.24, 2.45) is 5.11 Å². The van der Waals surface area contributed by atoms with E-state index in [2.05, 4.69) is 31.3 Å². The minimum Gasteiger partial charge on any atom is -0.394 e. The van der Waals surface area contributed by atoms with E-state index in [1.807, 2.05) is 0 Å². The molecule has 1 saturated heterocycles. The third-order valence-corrected chi connectivity index (χ3v) is 7.33. The maximum absolute atomic E-state index is 13.6.